The van der Waals surface area contributed by atoms with Gasteiger partial charge >= 0.3 is 0 Å². The van der Waals surface area contributed by atoms with Gasteiger partial charge in [-0.05, 0) is 89.4 Å². The molecular formula is C27H24BrN3O4. The number of benzene rings is 3. The van der Waals surface area contributed by atoms with Crippen molar-refractivity contribution in [3.8, 4) is 17.6 Å². The molecule has 0 aromatic heterocycles. The number of halogens is 1. The molecule has 8 heteroatoms. The van der Waals surface area contributed by atoms with Crippen LogP contribution in [0, 0.1) is 25.2 Å². The van der Waals surface area contributed by atoms with Gasteiger partial charge in [-0.3, -0.25) is 9.59 Å². The SMILES string of the molecule is COc1ccc(NC(=O)/C(C#N)=C\c2ccc(OCC(=O)Nc3ccc(C)cc3C)c(Br)c2)cc1. The number of hydrogen-bond donors (Lipinski definition) is 2. The highest BCUT2D eigenvalue weighted by Crippen LogP contribution is 2.27. The van der Waals surface area contributed by atoms with E-state index < -0.39 is 5.91 Å². The van der Waals surface area contributed by atoms with Crippen LogP contribution in [-0.2, 0) is 9.59 Å². The topological polar surface area (TPSA) is 100 Å². The van der Waals surface area contributed by atoms with E-state index in [1.807, 2.05) is 38.1 Å². The van der Waals surface area contributed by atoms with Crippen molar-refractivity contribution in [2.45, 2.75) is 13.8 Å². The number of carbonyl (C=O) groups is 2. The normalized spacial score (nSPS) is 10.8. The number of nitrogens with one attached hydrogen (secondary N) is 2. The minimum absolute atomic E-state index is 0.0609. The molecular weight excluding hydrogens is 510 g/mol. The van der Waals surface area contributed by atoms with Gasteiger partial charge in [0.1, 0.15) is 23.1 Å². The minimum Gasteiger partial charge on any atom is -0.497 e. The second-order valence-corrected chi connectivity index (χ2v) is 8.55. The number of ether oxygens (including phenoxy) is 2. The molecule has 35 heavy (non-hydrogen) atoms. The average molecular weight is 534 g/mol. The molecule has 0 radical (unpaired) electrons. The number of nitriles is 1. The zero-order valence-electron chi connectivity index (χ0n) is 19.5. The molecule has 3 aromatic rings. The van der Waals surface area contributed by atoms with Gasteiger partial charge in [0, 0.05) is 11.4 Å². The van der Waals surface area contributed by atoms with Gasteiger partial charge in [-0.15, -0.1) is 0 Å². The van der Waals surface area contributed by atoms with E-state index in [9.17, 15) is 14.9 Å². The van der Waals surface area contributed by atoms with Crippen LogP contribution in [0.15, 0.2) is 70.7 Å². The van der Waals surface area contributed by atoms with Crippen LogP contribution in [0.1, 0.15) is 16.7 Å². The van der Waals surface area contributed by atoms with Gasteiger partial charge in [-0.2, -0.15) is 5.26 Å². The van der Waals surface area contributed by atoms with Crippen molar-refractivity contribution in [3.63, 3.8) is 0 Å². The monoisotopic (exact) mass is 533 g/mol. The number of hydrogen-bond acceptors (Lipinski definition) is 5. The first-order chi connectivity index (χ1) is 16.8. The molecule has 0 atom stereocenters. The molecule has 0 aliphatic carbocycles. The van der Waals surface area contributed by atoms with Crippen LogP contribution in [0.2, 0.25) is 0 Å². The first kappa shape index (κ1) is 25.5. The molecule has 0 bridgehead atoms. The number of rotatable bonds is 8. The lowest BCUT2D eigenvalue weighted by Crippen LogP contribution is -2.20. The summed E-state index contributed by atoms with van der Waals surface area (Å²) in [7, 11) is 1.56. The molecule has 0 saturated heterocycles. The predicted molar refractivity (Wildman–Crippen MR) is 139 cm³/mol. The number of carbonyl (C=O) groups excluding carboxylic acids is 2. The van der Waals surface area contributed by atoms with Gasteiger partial charge in [0.15, 0.2) is 6.61 Å². The van der Waals surface area contributed by atoms with Crippen LogP contribution in [0.3, 0.4) is 0 Å². The van der Waals surface area contributed by atoms with E-state index >= 15 is 0 Å². The van der Waals surface area contributed by atoms with Crippen molar-refractivity contribution < 1.29 is 19.1 Å². The highest BCUT2D eigenvalue weighted by atomic mass is 79.9. The molecule has 0 aliphatic heterocycles. The second kappa shape index (κ2) is 11.9. The van der Waals surface area contributed by atoms with E-state index in [2.05, 4.69) is 26.6 Å². The zero-order valence-corrected chi connectivity index (χ0v) is 21.1. The number of methoxy groups -OCH3 is 1. The Morgan fingerprint density at radius 3 is 2.40 bits per heavy atom. The lowest BCUT2D eigenvalue weighted by Gasteiger charge is -2.11. The fourth-order valence-electron chi connectivity index (χ4n) is 3.20. The number of anilines is 2. The molecule has 0 saturated carbocycles. The van der Waals surface area contributed by atoms with E-state index in [1.165, 1.54) is 6.08 Å². The van der Waals surface area contributed by atoms with Gasteiger partial charge in [0.2, 0.25) is 0 Å². The van der Waals surface area contributed by atoms with E-state index in [0.29, 0.717) is 27.2 Å². The first-order valence-corrected chi connectivity index (χ1v) is 11.4. The summed E-state index contributed by atoms with van der Waals surface area (Å²) in [6.07, 6.45) is 1.47. The van der Waals surface area contributed by atoms with Crippen molar-refractivity contribution in [1.29, 1.82) is 5.26 Å². The predicted octanol–water partition coefficient (Wildman–Crippen LogP) is 5.64. The Bertz CT molecular complexity index is 1310. The van der Waals surface area contributed by atoms with Crippen LogP contribution in [-0.4, -0.2) is 25.5 Å². The van der Waals surface area contributed by atoms with Crippen LogP contribution in [0.5, 0.6) is 11.5 Å². The Hall–Kier alpha value is -4.09. The molecule has 2 N–H and O–H groups in total. The summed E-state index contributed by atoms with van der Waals surface area (Å²) in [6.45, 7) is 3.75. The Morgan fingerprint density at radius 2 is 1.77 bits per heavy atom. The largest absolute Gasteiger partial charge is 0.497 e. The van der Waals surface area contributed by atoms with Crippen LogP contribution in [0.25, 0.3) is 6.08 Å². The van der Waals surface area contributed by atoms with E-state index in [4.69, 9.17) is 9.47 Å². The molecule has 178 valence electrons. The summed E-state index contributed by atoms with van der Waals surface area (Å²) >= 11 is 3.42. The summed E-state index contributed by atoms with van der Waals surface area (Å²) in [5.41, 5.74) is 3.92. The van der Waals surface area contributed by atoms with Crippen molar-refractivity contribution in [2.75, 3.05) is 24.4 Å². The fourth-order valence-corrected chi connectivity index (χ4v) is 3.71. The molecule has 7 nitrogen and oxygen atoms in total. The van der Waals surface area contributed by atoms with E-state index in [-0.39, 0.29) is 18.1 Å². The molecule has 3 aromatic carbocycles. The van der Waals surface area contributed by atoms with Crippen molar-refractivity contribution in [3.05, 3.63) is 87.4 Å². The molecule has 0 fully saturated rings. The summed E-state index contributed by atoms with van der Waals surface area (Å²) in [6, 6.07) is 19.6. The highest BCUT2D eigenvalue weighted by Gasteiger charge is 2.12. The molecule has 2 amide bonds. The Labute approximate surface area is 212 Å². The summed E-state index contributed by atoms with van der Waals surface area (Å²) in [5, 5.41) is 15.0. The molecule has 0 unspecified atom stereocenters. The number of aryl methyl sites for hydroxylation is 2. The second-order valence-electron chi connectivity index (χ2n) is 7.70. The fraction of sp³-hybridized carbons (Fsp3) is 0.148. The third kappa shape index (κ3) is 7.19. The third-order valence-electron chi connectivity index (χ3n) is 4.99. The highest BCUT2D eigenvalue weighted by molar-refractivity contribution is 9.10. The summed E-state index contributed by atoms with van der Waals surface area (Å²) in [4.78, 5) is 24.8. The van der Waals surface area contributed by atoms with Gasteiger partial charge in [-0.1, -0.05) is 23.8 Å². The lowest BCUT2D eigenvalue weighted by molar-refractivity contribution is -0.118. The van der Waals surface area contributed by atoms with Crippen molar-refractivity contribution in [2.24, 2.45) is 0 Å². The third-order valence-corrected chi connectivity index (χ3v) is 5.61. The maximum Gasteiger partial charge on any atom is 0.266 e. The van der Waals surface area contributed by atoms with E-state index in [1.54, 1.807) is 49.6 Å². The minimum atomic E-state index is -0.530. The first-order valence-electron chi connectivity index (χ1n) is 10.7. The van der Waals surface area contributed by atoms with Gasteiger partial charge in [0.05, 0.1) is 11.6 Å². The lowest BCUT2D eigenvalue weighted by atomic mass is 10.1. The molecule has 0 spiro atoms. The Morgan fingerprint density at radius 1 is 1.03 bits per heavy atom. The number of amides is 2. The van der Waals surface area contributed by atoms with Gasteiger partial charge in [0.25, 0.3) is 11.8 Å². The van der Waals surface area contributed by atoms with Crippen LogP contribution >= 0.6 is 15.9 Å². The van der Waals surface area contributed by atoms with Crippen LogP contribution in [0.4, 0.5) is 11.4 Å². The molecule has 0 aliphatic rings. The Balaban J connectivity index is 1.62. The van der Waals surface area contributed by atoms with E-state index in [0.717, 1.165) is 16.8 Å². The summed E-state index contributed by atoms with van der Waals surface area (Å²) < 4.78 is 11.3. The average Bonchev–Trinajstić information content (AvgIpc) is 2.84. The quantitative estimate of drug-likeness (QED) is 0.288. The molecule has 0 heterocycles. The number of nitrogens with zero attached hydrogens (tertiary/aromatic N) is 1. The molecule has 3 rings (SSSR count). The maximum atomic E-state index is 12.5. The Kier molecular flexibility index (Phi) is 8.65. The van der Waals surface area contributed by atoms with Gasteiger partial charge in [-0.25, -0.2) is 0 Å². The standard InChI is InChI=1S/C27H24BrN3O4/c1-17-4-10-24(18(2)12-17)31-26(32)16-35-25-11-5-19(14-23(25)28)13-20(15-29)27(33)30-21-6-8-22(34-3)9-7-21/h4-14H,16H2,1-3H3,(H,30,33)(H,31,32)/b20-13-. The van der Waals surface area contributed by atoms with Crippen molar-refractivity contribution in [1.82, 2.24) is 0 Å². The van der Waals surface area contributed by atoms with Gasteiger partial charge < -0.3 is 20.1 Å². The zero-order chi connectivity index (χ0) is 25.4. The summed E-state index contributed by atoms with van der Waals surface area (Å²) in [5.74, 6) is 0.306. The van der Waals surface area contributed by atoms with Crippen molar-refractivity contribution >= 4 is 45.2 Å². The smallest absolute Gasteiger partial charge is 0.266 e. The maximum absolute atomic E-state index is 12.5. The van der Waals surface area contributed by atoms with Crippen LogP contribution < -0.4 is 20.1 Å².